The molecule has 1 N–H and O–H groups in total. The van der Waals surface area contributed by atoms with E-state index in [1.165, 1.54) is 17.0 Å². The van der Waals surface area contributed by atoms with E-state index in [-0.39, 0.29) is 26.1 Å². The molecule has 1 atom stereocenters. The SMILES string of the molecule is O=C(O)CC1CN(C(=O)c2ccccc2C(F)(F)F)CCO1. The maximum atomic E-state index is 13.0. The van der Waals surface area contributed by atoms with Crippen LogP contribution in [0.25, 0.3) is 0 Å². The molecule has 1 saturated heterocycles. The molecule has 1 aromatic carbocycles. The Balaban J connectivity index is 2.20. The van der Waals surface area contributed by atoms with E-state index >= 15 is 0 Å². The summed E-state index contributed by atoms with van der Waals surface area (Å²) in [6.45, 7) is 0.177. The number of benzene rings is 1. The number of nitrogens with zero attached hydrogens (tertiary/aromatic N) is 1. The molecule has 0 bridgehead atoms. The molecule has 1 aliphatic heterocycles. The molecule has 1 unspecified atom stereocenters. The molecule has 1 aromatic rings. The van der Waals surface area contributed by atoms with Crippen LogP contribution < -0.4 is 0 Å². The second-order valence-electron chi connectivity index (χ2n) is 4.89. The van der Waals surface area contributed by atoms with Gasteiger partial charge in [-0.2, -0.15) is 13.2 Å². The van der Waals surface area contributed by atoms with Crippen molar-refractivity contribution in [3.63, 3.8) is 0 Å². The van der Waals surface area contributed by atoms with E-state index in [1.54, 1.807) is 0 Å². The lowest BCUT2D eigenvalue weighted by molar-refractivity contribution is -0.141. The van der Waals surface area contributed by atoms with Crippen molar-refractivity contribution in [3.05, 3.63) is 35.4 Å². The first-order valence-electron chi connectivity index (χ1n) is 6.58. The monoisotopic (exact) mass is 317 g/mol. The first-order valence-corrected chi connectivity index (χ1v) is 6.58. The lowest BCUT2D eigenvalue weighted by Gasteiger charge is -2.32. The zero-order valence-electron chi connectivity index (χ0n) is 11.5. The molecule has 5 nitrogen and oxygen atoms in total. The molecular formula is C14H14F3NO4. The molecule has 1 fully saturated rings. The van der Waals surface area contributed by atoms with Gasteiger partial charge in [-0.05, 0) is 12.1 Å². The van der Waals surface area contributed by atoms with Gasteiger partial charge in [0.05, 0.1) is 30.3 Å². The quantitative estimate of drug-likeness (QED) is 0.926. The van der Waals surface area contributed by atoms with Gasteiger partial charge >= 0.3 is 12.1 Å². The Kier molecular flexibility index (Phi) is 4.70. The Bertz CT molecular complexity index is 573. The van der Waals surface area contributed by atoms with Crippen LogP contribution in [0.1, 0.15) is 22.3 Å². The summed E-state index contributed by atoms with van der Waals surface area (Å²) < 4.78 is 44.1. The predicted octanol–water partition coefficient (Wildman–Crippen LogP) is 2.02. The van der Waals surface area contributed by atoms with Gasteiger partial charge in [0.2, 0.25) is 0 Å². The molecule has 1 amide bonds. The van der Waals surface area contributed by atoms with Crippen LogP contribution in [0.5, 0.6) is 0 Å². The number of carboxylic acid groups (broad SMARTS) is 1. The molecule has 0 radical (unpaired) electrons. The number of amides is 1. The van der Waals surface area contributed by atoms with E-state index in [2.05, 4.69) is 0 Å². The molecule has 1 aliphatic rings. The number of halogens is 3. The topological polar surface area (TPSA) is 66.8 Å². The Hall–Kier alpha value is -2.09. The van der Waals surface area contributed by atoms with Crippen LogP contribution in [0.15, 0.2) is 24.3 Å². The summed E-state index contributed by atoms with van der Waals surface area (Å²) in [5.41, 5.74) is -1.44. The van der Waals surface area contributed by atoms with Crippen LogP contribution in [-0.2, 0) is 15.7 Å². The lowest BCUT2D eigenvalue weighted by Crippen LogP contribution is -2.46. The summed E-state index contributed by atoms with van der Waals surface area (Å²) in [7, 11) is 0. The number of carbonyl (C=O) groups excluding carboxylic acids is 1. The fraction of sp³-hybridized carbons (Fsp3) is 0.429. The van der Waals surface area contributed by atoms with Gasteiger partial charge < -0.3 is 14.7 Å². The van der Waals surface area contributed by atoms with Gasteiger partial charge in [-0.3, -0.25) is 9.59 Å². The standard InChI is InChI=1S/C14H14F3NO4/c15-14(16,17)11-4-2-1-3-10(11)13(21)18-5-6-22-9(8-18)7-12(19)20/h1-4,9H,5-8H2,(H,19,20). The highest BCUT2D eigenvalue weighted by atomic mass is 19.4. The molecule has 0 aromatic heterocycles. The van der Waals surface area contributed by atoms with Gasteiger partial charge in [0.15, 0.2) is 0 Å². The third kappa shape index (κ3) is 3.76. The summed E-state index contributed by atoms with van der Waals surface area (Å²) in [5.74, 6) is -1.86. The number of ether oxygens (including phenoxy) is 1. The van der Waals surface area contributed by atoms with Crippen LogP contribution in [-0.4, -0.2) is 47.7 Å². The zero-order chi connectivity index (χ0) is 16.3. The Morgan fingerprint density at radius 2 is 2.00 bits per heavy atom. The molecule has 22 heavy (non-hydrogen) atoms. The highest BCUT2D eigenvalue weighted by Gasteiger charge is 2.36. The number of hydrogen-bond acceptors (Lipinski definition) is 3. The van der Waals surface area contributed by atoms with E-state index in [1.807, 2.05) is 0 Å². The van der Waals surface area contributed by atoms with E-state index in [9.17, 15) is 22.8 Å². The van der Waals surface area contributed by atoms with Crippen molar-refractivity contribution < 1.29 is 32.6 Å². The second-order valence-corrected chi connectivity index (χ2v) is 4.89. The molecule has 0 aliphatic carbocycles. The van der Waals surface area contributed by atoms with Gasteiger partial charge in [-0.1, -0.05) is 12.1 Å². The highest BCUT2D eigenvalue weighted by Crippen LogP contribution is 2.32. The number of carboxylic acids is 1. The number of alkyl halides is 3. The van der Waals surface area contributed by atoms with Crippen molar-refractivity contribution in [3.8, 4) is 0 Å². The average molecular weight is 317 g/mol. The maximum Gasteiger partial charge on any atom is 0.417 e. The van der Waals surface area contributed by atoms with Gasteiger partial charge in [0.1, 0.15) is 0 Å². The van der Waals surface area contributed by atoms with E-state index < -0.39 is 35.3 Å². The fourth-order valence-corrected chi connectivity index (χ4v) is 2.31. The van der Waals surface area contributed by atoms with Gasteiger partial charge in [-0.25, -0.2) is 0 Å². The third-order valence-electron chi connectivity index (χ3n) is 3.29. The first-order chi connectivity index (χ1) is 10.3. The largest absolute Gasteiger partial charge is 0.481 e. The predicted molar refractivity (Wildman–Crippen MR) is 69.3 cm³/mol. The number of hydrogen-bond donors (Lipinski definition) is 1. The summed E-state index contributed by atoms with van der Waals surface area (Å²) in [4.78, 5) is 24.2. The number of morpholine rings is 1. The van der Waals surface area contributed by atoms with Crippen molar-refractivity contribution in [2.24, 2.45) is 0 Å². The number of rotatable bonds is 3. The zero-order valence-corrected chi connectivity index (χ0v) is 11.5. The third-order valence-corrected chi connectivity index (χ3v) is 3.29. The molecule has 2 rings (SSSR count). The van der Waals surface area contributed by atoms with Crippen molar-refractivity contribution in [1.82, 2.24) is 4.90 Å². The average Bonchev–Trinajstić information content (AvgIpc) is 2.45. The van der Waals surface area contributed by atoms with Crippen LogP contribution in [0.3, 0.4) is 0 Å². The molecule has 120 valence electrons. The van der Waals surface area contributed by atoms with Crippen molar-refractivity contribution >= 4 is 11.9 Å². The summed E-state index contributed by atoms with van der Waals surface area (Å²) in [5, 5.41) is 8.73. The van der Waals surface area contributed by atoms with Crippen LogP contribution in [0, 0.1) is 0 Å². The minimum absolute atomic E-state index is 0.0443. The smallest absolute Gasteiger partial charge is 0.417 e. The van der Waals surface area contributed by atoms with Gasteiger partial charge in [0, 0.05) is 13.1 Å². The van der Waals surface area contributed by atoms with Gasteiger partial charge in [-0.15, -0.1) is 0 Å². The van der Waals surface area contributed by atoms with Gasteiger partial charge in [0.25, 0.3) is 5.91 Å². The lowest BCUT2D eigenvalue weighted by atomic mass is 10.0. The molecule has 1 heterocycles. The molecule has 8 heteroatoms. The van der Waals surface area contributed by atoms with Crippen LogP contribution in [0.4, 0.5) is 13.2 Å². The second kappa shape index (κ2) is 6.35. The van der Waals surface area contributed by atoms with E-state index in [0.717, 1.165) is 12.1 Å². The molecule has 0 spiro atoms. The van der Waals surface area contributed by atoms with Crippen LogP contribution in [0.2, 0.25) is 0 Å². The Morgan fingerprint density at radius 1 is 1.32 bits per heavy atom. The summed E-state index contributed by atoms with van der Waals surface area (Å²) in [6, 6.07) is 4.54. The maximum absolute atomic E-state index is 13.0. The van der Waals surface area contributed by atoms with Crippen molar-refractivity contribution in [2.75, 3.05) is 19.7 Å². The first kappa shape index (κ1) is 16.3. The van der Waals surface area contributed by atoms with E-state index in [4.69, 9.17) is 9.84 Å². The normalized spacial score (nSPS) is 19.0. The van der Waals surface area contributed by atoms with Crippen molar-refractivity contribution in [1.29, 1.82) is 0 Å². The Morgan fingerprint density at radius 3 is 2.64 bits per heavy atom. The minimum Gasteiger partial charge on any atom is -0.481 e. The number of carbonyl (C=O) groups is 2. The Labute approximate surface area is 124 Å². The minimum atomic E-state index is -4.63. The summed E-state index contributed by atoms with van der Waals surface area (Å²) >= 11 is 0. The van der Waals surface area contributed by atoms with Crippen molar-refractivity contribution in [2.45, 2.75) is 18.7 Å². The molecular weight excluding hydrogens is 303 g/mol. The molecule has 0 saturated carbocycles. The van der Waals surface area contributed by atoms with Crippen LogP contribution >= 0.6 is 0 Å². The number of aliphatic carboxylic acids is 1. The fourth-order valence-electron chi connectivity index (χ4n) is 2.31. The summed E-state index contributed by atoms with van der Waals surface area (Å²) in [6.07, 6.45) is -5.64. The van der Waals surface area contributed by atoms with E-state index in [0.29, 0.717) is 0 Å². The highest BCUT2D eigenvalue weighted by molar-refractivity contribution is 5.96.